The van der Waals surface area contributed by atoms with Crippen LogP contribution < -0.4 is 8.61 Å². The number of anilines is 2. The maximum absolute atomic E-state index is 13.5. The average Bonchev–Trinajstić information content (AvgIpc) is 3.38. The van der Waals surface area contributed by atoms with Crippen LogP contribution in [0.4, 0.5) is 20.3 Å². The molecule has 8 nitrogen and oxygen atoms in total. The lowest BCUT2D eigenvalue weighted by molar-refractivity contribution is -0.130. The lowest BCUT2D eigenvalue weighted by Crippen LogP contribution is -2.47. The van der Waals surface area contributed by atoms with Gasteiger partial charge in [-0.25, -0.2) is 22.4 Å². The SMILES string of the molecule is CC(=O)N1CCN(Cc2ccc(C)c(-c3ccc4c(n3)N(C)S(=O)(=O)N4CC3CC3(F)F)c2)CC1. The molecule has 1 saturated carbocycles. The maximum Gasteiger partial charge on any atom is 0.327 e. The van der Waals surface area contributed by atoms with Gasteiger partial charge in [-0.15, -0.1) is 0 Å². The zero-order chi connectivity index (χ0) is 25.1. The number of carbonyl (C=O) groups is 1. The Morgan fingerprint density at radius 2 is 1.83 bits per heavy atom. The van der Waals surface area contributed by atoms with Crippen LogP contribution in [0.2, 0.25) is 0 Å². The van der Waals surface area contributed by atoms with E-state index in [9.17, 15) is 22.0 Å². The monoisotopic (exact) mass is 505 g/mol. The highest BCUT2D eigenvalue weighted by atomic mass is 32.2. The summed E-state index contributed by atoms with van der Waals surface area (Å²) in [4.78, 5) is 20.4. The molecule has 0 radical (unpaired) electrons. The fraction of sp³-hybridized carbons (Fsp3) is 0.500. The number of nitrogens with zero attached hydrogens (tertiary/aromatic N) is 5. The summed E-state index contributed by atoms with van der Waals surface area (Å²) in [5.41, 5.74) is 3.95. The first-order valence-corrected chi connectivity index (χ1v) is 13.1. The van der Waals surface area contributed by atoms with Gasteiger partial charge in [-0.3, -0.25) is 9.69 Å². The first-order valence-electron chi connectivity index (χ1n) is 11.7. The first-order chi connectivity index (χ1) is 16.5. The number of pyridine rings is 1. The second-order valence-electron chi connectivity index (χ2n) is 9.64. The molecule has 1 amide bonds. The quantitative estimate of drug-likeness (QED) is 0.625. The van der Waals surface area contributed by atoms with Crippen LogP contribution in [0.3, 0.4) is 0 Å². The molecule has 1 saturated heterocycles. The van der Waals surface area contributed by atoms with E-state index in [1.165, 1.54) is 7.05 Å². The second kappa shape index (κ2) is 8.41. The van der Waals surface area contributed by atoms with Gasteiger partial charge < -0.3 is 4.90 Å². The van der Waals surface area contributed by atoms with E-state index < -0.39 is 22.0 Å². The third kappa shape index (κ3) is 4.35. The highest BCUT2D eigenvalue weighted by Gasteiger charge is 2.59. The highest BCUT2D eigenvalue weighted by Crippen LogP contribution is 2.51. The standard InChI is InChI=1S/C24H29F2N5O3S/c1-16-4-5-18(14-29-8-10-30(11-9-29)17(2)32)12-20(16)21-6-7-22-23(27-21)28(3)35(33,34)31(22)15-19-13-24(19,25)26/h4-7,12,19H,8-11,13-15H2,1-3H3. The predicted molar refractivity (Wildman–Crippen MR) is 130 cm³/mol. The third-order valence-electron chi connectivity index (χ3n) is 7.19. The summed E-state index contributed by atoms with van der Waals surface area (Å²) in [5.74, 6) is -3.42. The molecule has 1 atom stereocenters. The Bertz CT molecular complexity index is 1280. The molecule has 11 heteroatoms. The van der Waals surface area contributed by atoms with Gasteiger partial charge >= 0.3 is 10.2 Å². The smallest absolute Gasteiger partial charge is 0.327 e. The Labute approximate surface area is 204 Å². The van der Waals surface area contributed by atoms with Crippen molar-refractivity contribution in [2.75, 3.05) is 48.4 Å². The van der Waals surface area contributed by atoms with Crippen molar-refractivity contribution in [3.63, 3.8) is 0 Å². The molecule has 3 heterocycles. The van der Waals surface area contributed by atoms with Gasteiger partial charge in [0.1, 0.15) is 0 Å². The summed E-state index contributed by atoms with van der Waals surface area (Å²) in [6, 6.07) is 9.56. The number of hydrogen-bond donors (Lipinski definition) is 0. The van der Waals surface area contributed by atoms with Crippen molar-refractivity contribution in [3.05, 3.63) is 41.5 Å². The average molecular weight is 506 g/mol. The molecule has 0 spiro atoms. The zero-order valence-electron chi connectivity index (χ0n) is 20.0. The second-order valence-corrected chi connectivity index (χ2v) is 11.5. The molecule has 1 aliphatic carbocycles. The number of fused-ring (bicyclic) bond motifs is 1. The number of benzene rings is 1. The van der Waals surface area contributed by atoms with Crippen molar-refractivity contribution in [2.45, 2.75) is 32.7 Å². The third-order valence-corrected chi connectivity index (χ3v) is 8.96. The van der Waals surface area contributed by atoms with E-state index in [-0.39, 0.29) is 24.7 Å². The van der Waals surface area contributed by atoms with Crippen LogP contribution in [0.25, 0.3) is 11.3 Å². The van der Waals surface area contributed by atoms with Crippen LogP contribution in [0.1, 0.15) is 24.5 Å². The Morgan fingerprint density at radius 3 is 2.46 bits per heavy atom. The molecule has 1 aromatic carbocycles. The normalized spacial score (nSPS) is 22.9. The molecule has 1 unspecified atom stereocenters. The van der Waals surface area contributed by atoms with E-state index in [0.717, 1.165) is 44.9 Å². The predicted octanol–water partition coefficient (Wildman–Crippen LogP) is 2.88. The number of rotatable bonds is 5. The Morgan fingerprint density at radius 1 is 1.14 bits per heavy atom. The number of carbonyl (C=O) groups excluding carboxylic acids is 1. The van der Waals surface area contributed by atoms with E-state index in [0.29, 0.717) is 24.5 Å². The molecule has 0 N–H and O–H groups in total. The van der Waals surface area contributed by atoms with Crippen LogP contribution in [-0.2, 0) is 21.5 Å². The van der Waals surface area contributed by atoms with Gasteiger partial charge in [-0.05, 0) is 36.2 Å². The number of piperazine rings is 1. The Hall–Kier alpha value is -2.79. The number of hydrogen-bond acceptors (Lipinski definition) is 5. The van der Waals surface area contributed by atoms with Gasteiger partial charge in [0.15, 0.2) is 5.82 Å². The zero-order valence-corrected chi connectivity index (χ0v) is 20.9. The number of aromatic nitrogens is 1. The van der Waals surface area contributed by atoms with Gasteiger partial charge in [0.25, 0.3) is 5.92 Å². The van der Waals surface area contributed by atoms with Gasteiger partial charge in [0.2, 0.25) is 5.91 Å². The molecule has 188 valence electrons. The maximum atomic E-state index is 13.5. The number of amides is 1. The molecule has 5 rings (SSSR count). The van der Waals surface area contributed by atoms with E-state index >= 15 is 0 Å². The number of aryl methyl sites for hydroxylation is 1. The molecule has 35 heavy (non-hydrogen) atoms. The largest absolute Gasteiger partial charge is 0.340 e. The summed E-state index contributed by atoms with van der Waals surface area (Å²) in [6.07, 6.45) is -0.292. The lowest BCUT2D eigenvalue weighted by Gasteiger charge is -2.34. The van der Waals surface area contributed by atoms with Crippen molar-refractivity contribution < 1.29 is 22.0 Å². The van der Waals surface area contributed by atoms with Crippen LogP contribution >= 0.6 is 0 Å². The summed E-state index contributed by atoms with van der Waals surface area (Å²) in [7, 11) is -2.54. The lowest BCUT2D eigenvalue weighted by atomic mass is 10.0. The molecular weight excluding hydrogens is 476 g/mol. The van der Waals surface area contributed by atoms with Crippen molar-refractivity contribution in [3.8, 4) is 11.3 Å². The van der Waals surface area contributed by atoms with Crippen molar-refractivity contribution in [1.82, 2.24) is 14.8 Å². The van der Waals surface area contributed by atoms with Gasteiger partial charge in [-0.1, -0.05) is 12.1 Å². The van der Waals surface area contributed by atoms with Crippen LogP contribution in [0.15, 0.2) is 30.3 Å². The molecule has 2 aromatic rings. The van der Waals surface area contributed by atoms with Crippen molar-refractivity contribution in [1.29, 1.82) is 0 Å². The van der Waals surface area contributed by atoms with E-state index in [1.807, 2.05) is 17.9 Å². The topological polar surface area (TPSA) is 77.1 Å². The van der Waals surface area contributed by atoms with Crippen molar-refractivity contribution in [2.24, 2.45) is 5.92 Å². The summed E-state index contributed by atoms with van der Waals surface area (Å²) in [5, 5.41) is 0. The number of alkyl halides is 2. The van der Waals surface area contributed by atoms with E-state index in [2.05, 4.69) is 22.0 Å². The van der Waals surface area contributed by atoms with Gasteiger partial charge in [-0.2, -0.15) is 8.42 Å². The van der Waals surface area contributed by atoms with Crippen LogP contribution in [-0.4, -0.2) is 74.8 Å². The Balaban J connectivity index is 1.39. The van der Waals surface area contributed by atoms with Gasteiger partial charge in [0, 0.05) is 71.1 Å². The fourth-order valence-corrected chi connectivity index (χ4v) is 6.19. The minimum atomic E-state index is -3.94. The van der Waals surface area contributed by atoms with Gasteiger partial charge in [0.05, 0.1) is 11.4 Å². The van der Waals surface area contributed by atoms with E-state index in [4.69, 9.17) is 0 Å². The first kappa shape index (κ1) is 23.9. The minimum absolute atomic E-state index is 0.0985. The molecule has 1 aromatic heterocycles. The van der Waals surface area contributed by atoms with Crippen LogP contribution in [0.5, 0.6) is 0 Å². The minimum Gasteiger partial charge on any atom is -0.340 e. The summed E-state index contributed by atoms with van der Waals surface area (Å²) >= 11 is 0. The molecule has 0 bridgehead atoms. The fourth-order valence-electron chi connectivity index (χ4n) is 4.78. The molecular formula is C24H29F2N5O3S. The summed E-state index contributed by atoms with van der Waals surface area (Å²) < 4.78 is 54.9. The van der Waals surface area contributed by atoms with Crippen molar-refractivity contribution >= 4 is 27.6 Å². The van der Waals surface area contributed by atoms with Crippen LogP contribution in [0, 0.1) is 12.8 Å². The Kier molecular flexibility index (Phi) is 5.75. The molecule has 2 fully saturated rings. The highest BCUT2D eigenvalue weighted by molar-refractivity contribution is 7.94. The molecule has 3 aliphatic rings. The number of halogens is 2. The molecule has 2 aliphatic heterocycles. The van der Waals surface area contributed by atoms with E-state index in [1.54, 1.807) is 19.1 Å². The summed E-state index contributed by atoms with van der Waals surface area (Å²) in [6.45, 7) is 7.09.